The minimum atomic E-state index is 0.496. The first-order valence-electron chi connectivity index (χ1n) is 6.60. The Morgan fingerprint density at radius 3 is 2.43 bits per heavy atom. The molecule has 0 bridgehead atoms. The van der Waals surface area contributed by atoms with Gasteiger partial charge in [0.15, 0.2) is 5.11 Å². The third-order valence-electron chi connectivity index (χ3n) is 3.08. The third kappa shape index (κ3) is 4.09. The van der Waals surface area contributed by atoms with Gasteiger partial charge >= 0.3 is 0 Å². The molecule has 2 aromatic carbocycles. The number of nitrogens with zero attached hydrogens (tertiary/aromatic N) is 1. The molecule has 0 amide bonds. The van der Waals surface area contributed by atoms with Gasteiger partial charge < -0.3 is 5.32 Å². The molecule has 3 nitrogen and oxygen atoms in total. The number of hydrazine groups is 1. The van der Waals surface area contributed by atoms with Crippen molar-refractivity contribution < 1.29 is 0 Å². The van der Waals surface area contributed by atoms with Crippen LogP contribution in [0.3, 0.4) is 0 Å². The predicted octanol–water partition coefficient (Wildman–Crippen LogP) is 4.29. The molecule has 0 heterocycles. The lowest BCUT2D eigenvalue weighted by molar-refractivity contribution is 0.888. The fraction of sp³-hybridized carbons (Fsp3) is 0.188. The lowest BCUT2D eigenvalue weighted by atomic mass is 10.1. The largest absolute Gasteiger partial charge is 0.330 e. The maximum Gasteiger partial charge on any atom is 0.189 e. The first-order chi connectivity index (χ1) is 9.97. The van der Waals surface area contributed by atoms with Crippen molar-refractivity contribution in [1.82, 2.24) is 5.43 Å². The Balaban J connectivity index is 2.06. The van der Waals surface area contributed by atoms with Crippen LogP contribution in [-0.4, -0.2) is 12.2 Å². The summed E-state index contributed by atoms with van der Waals surface area (Å²) in [6.07, 6.45) is 0. The van der Waals surface area contributed by atoms with Gasteiger partial charge in [-0.2, -0.15) is 0 Å². The van der Waals surface area contributed by atoms with Crippen molar-refractivity contribution in [3.05, 3.63) is 58.6 Å². The van der Waals surface area contributed by atoms with Gasteiger partial charge in [0.2, 0.25) is 0 Å². The number of benzene rings is 2. The molecule has 110 valence electrons. The van der Waals surface area contributed by atoms with E-state index in [0.29, 0.717) is 10.1 Å². The second-order valence-electron chi connectivity index (χ2n) is 4.90. The normalized spacial score (nSPS) is 10.1. The second kappa shape index (κ2) is 6.78. The molecule has 0 fully saturated rings. The Hall–Kier alpha value is -1.78. The van der Waals surface area contributed by atoms with Crippen molar-refractivity contribution in [1.29, 1.82) is 0 Å². The van der Waals surface area contributed by atoms with Gasteiger partial charge in [0.05, 0.1) is 16.4 Å². The molecular formula is C16H18ClN3S. The SMILES string of the molecule is Cc1cc(C)c(NC(=S)NN(C)c2ccccc2)c(Cl)c1. The first-order valence-corrected chi connectivity index (χ1v) is 7.39. The third-order valence-corrected chi connectivity index (χ3v) is 3.57. The van der Waals surface area contributed by atoms with E-state index in [1.54, 1.807) is 0 Å². The van der Waals surface area contributed by atoms with Crippen LogP contribution in [0.2, 0.25) is 5.02 Å². The van der Waals surface area contributed by atoms with Crippen molar-refractivity contribution in [3.8, 4) is 0 Å². The van der Waals surface area contributed by atoms with Crippen molar-refractivity contribution in [3.63, 3.8) is 0 Å². The van der Waals surface area contributed by atoms with E-state index in [1.165, 1.54) is 0 Å². The molecule has 0 saturated heterocycles. The lowest BCUT2D eigenvalue weighted by Gasteiger charge is -2.23. The Kier molecular flexibility index (Phi) is 5.04. The molecule has 0 aromatic heterocycles. The number of hydrogen-bond donors (Lipinski definition) is 2. The molecule has 0 aliphatic heterocycles. The lowest BCUT2D eigenvalue weighted by Crippen LogP contribution is -2.42. The molecule has 0 aliphatic carbocycles. The van der Waals surface area contributed by atoms with Gasteiger partial charge in [0, 0.05) is 7.05 Å². The Bertz CT molecular complexity index is 620. The van der Waals surface area contributed by atoms with E-state index in [1.807, 2.05) is 62.3 Å². The number of anilines is 2. The zero-order chi connectivity index (χ0) is 15.4. The van der Waals surface area contributed by atoms with Gasteiger partial charge in [-0.05, 0) is 55.4 Å². The quantitative estimate of drug-likeness (QED) is 0.652. The predicted molar refractivity (Wildman–Crippen MR) is 95.1 cm³/mol. The summed E-state index contributed by atoms with van der Waals surface area (Å²) in [6.45, 7) is 4.02. The van der Waals surface area contributed by atoms with E-state index >= 15 is 0 Å². The van der Waals surface area contributed by atoms with Crippen LogP contribution >= 0.6 is 23.8 Å². The summed E-state index contributed by atoms with van der Waals surface area (Å²) in [5, 5.41) is 6.17. The van der Waals surface area contributed by atoms with Crippen LogP contribution in [0.4, 0.5) is 11.4 Å². The van der Waals surface area contributed by atoms with Crippen molar-refractivity contribution in [2.24, 2.45) is 0 Å². The number of aryl methyl sites for hydroxylation is 2. The number of thiocarbonyl (C=S) groups is 1. The highest BCUT2D eigenvalue weighted by Gasteiger charge is 2.08. The van der Waals surface area contributed by atoms with Gasteiger partial charge in [-0.25, -0.2) is 0 Å². The first kappa shape index (κ1) is 15.6. The number of rotatable bonds is 3. The van der Waals surface area contributed by atoms with Crippen LogP contribution in [0.5, 0.6) is 0 Å². The molecule has 0 unspecified atom stereocenters. The summed E-state index contributed by atoms with van der Waals surface area (Å²) in [6, 6.07) is 13.9. The zero-order valence-corrected chi connectivity index (χ0v) is 13.8. The zero-order valence-electron chi connectivity index (χ0n) is 12.3. The van der Waals surface area contributed by atoms with Crippen LogP contribution < -0.4 is 15.8 Å². The van der Waals surface area contributed by atoms with Gasteiger partial charge in [-0.15, -0.1) is 0 Å². The van der Waals surface area contributed by atoms with Crippen LogP contribution in [0.25, 0.3) is 0 Å². The summed E-state index contributed by atoms with van der Waals surface area (Å²) in [4.78, 5) is 0. The fourth-order valence-corrected chi connectivity index (χ4v) is 2.69. The van der Waals surface area contributed by atoms with E-state index in [0.717, 1.165) is 22.5 Å². The summed E-state index contributed by atoms with van der Waals surface area (Å²) in [5.74, 6) is 0. The van der Waals surface area contributed by atoms with Crippen molar-refractivity contribution >= 4 is 40.3 Å². The van der Waals surface area contributed by atoms with Crippen LogP contribution in [-0.2, 0) is 0 Å². The summed E-state index contributed by atoms with van der Waals surface area (Å²) >= 11 is 11.6. The van der Waals surface area contributed by atoms with E-state index in [-0.39, 0.29) is 0 Å². The van der Waals surface area contributed by atoms with E-state index in [2.05, 4.69) is 16.8 Å². The summed E-state index contributed by atoms with van der Waals surface area (Å²) in [5.41, 5.74) is 7.15. The monoisotopic (exact) mass is 319 g/mol. The maximum atomic E-state index is 6.27. The maximum absolute atomic E-state index is 6.27. The fourth-order valence-electron chi connectivity index (χ4n) is 2.08. The molecule has 5 heteroatoms. The topological polar surface area (TPSA) is 27.3 Å². The molecule has 0 aliphatic rings. The van der Waals surface area contributed by atoms with E-state index in [9.17, 15) is 0 Å². The molecule has 21 heavy (non-hydrogen) atoms. The highest BCUT2D eigenvalue weighted by Crippen LogP contribution is 2.27. The molecule has 0 radical (unpaired) electrons. The molecule has 2 N–H and O–H groups in total. The van der Waals surface area contributed by atoms with E-state index < -0.39 is 0 Å². The summed E-state index contributed by atoms with van der Waals surface area (Å²) < 4.78 is 0. The molecular weight excluding hydrogens is 302 g/mol. The Morgan fingerprint density at radius 2 is 1.81 bits per heavy atom. The van der Waals surface area contributed by atoms with Gasteiger partial charge in [-0.3, -0.25) is 10.4 Å². The van der Waals surface area contributed by atoms with Crippen molar-refractivity contribution in [2.45, 2.75) is 13.8 Å². The minimum absolute atomic E-state index is 0.496. The van der Waals surface area contributed by atoms with Gasteiger partial charge in [0.25, 0.3) is 0 Å². The molecule has 0 spiro atoms. The smallest absolute Gasteiger partial charge is 0.189 e. The molecule has 0 saturated carbocycles. The van der Waals surface area contributed by atoms with Crippen LogP contribution in [0, 0.1) is 13.8 Å². The van der Waals surface area contributed by atoms with Gasteiger partial charge in [-0.1, -0.05) is 35.9 Å². The number of hydrogen-bond acceptors (Lipinski definition) is 2. The minimum Gasteiger partial charge on any atom is -0.330 e. The Labute approximate surface area is 135 Å². The average molecular weight is 320 g/mol. The second-order valence-corrected chi connectivity index (χ2v) is 5.71. The van der Waals surface area contributed by atoms with Crippen LogP contribution in [0.1, 0.15) is 11.1 Å². The number of halogens is 1. The average Bonchev–Trinajstić information content (AvgIpc) is 2.43. The van der Waals surface area contributed by atoms with Crippen LogP contribution in [0.15, 0.2) is 42.5 Å². The van der Waals surface area contributed by atoms with Crippen molar-refractivity contribution in [2.75, 3.05) is 17.4 Å². The number of para-hydroxylation sites is 1. The highest BCUT2D eigenvalue weighted by molar-refractivity contribution is 7.80. The number of nitrogens with one attached hydrogen (secondary N) is 2. The van der Waals surface area contributed by atoms with Gasteiger partial charge in [0.1, 0.15) is 0 Å². The molecule has 2 rings (SSSR count). The summed E-state index contributed by atoms with van der Waals surface area (Å²) in [7, 11) is 1.91. The molecule has 2 aromatic rings. The standard InChI is InChI=1S/C16H18ClN3S/c1-11-9-12(2)15(14(17)10-11)18-16(21)19-20(3)13-7-5-4-6-8-13/h4-10H,1-3H3,(H2,18,19,21). The molecule has 0 atom stereocenters. The van der Waals surface area contributed by atoms with E-state index in [4.69, 9.17) is 23.8 Å². The highest BCUT2D eigenvalue weighted by atomic mass is 35.5. The Morgan fingerprint density at radius 1 is 1.14 bits per heavy atom.